The van der Waals surface area contributed by atoms with Crippen molar-refractivity contribution in [2.75, 3.05) is 19.8 Å². The zero-order valence-corrected chi connectivity index (χ0v) is 35.3. The van der Waals surface area contributed by atoms with Gasteiger partial charge in [-0.15, -0.1) is 0 Å². The van der Waals surface area contributed by atoms with Gasteiger partial charge >= 0.3 is 30.1 Å². The van der Waals surface area contributed by atoms with Gasteiger partial charge in [0.2, 0.25) is 0 Å². The Bertz CT molecular complexity index is 2120. The number of benzene rings is 4. The standard InChI is InChI=1S/C49H53F3O9/c1-6-8-30-58-44(53)36-21-27-40(28-22-36)61-46(55)41-29-18-35(33-43(41)49(50,51)52)15-14-34-16-23-39(24-17-34)60-45(54)37-19-25-38(26-20-37)57-31-11-9-10-12-32-59-47(56)42(13-7-2)48(3,4)5/h16-29,33,42H,6-13,30-32H2,1-5H3. The van der Waals surface area contributed by atoms with Crippen molar-refractivity contribution in [3.8, 4) is 29.1 Å². The first-order valence-corrected chi connectivity index (χ1v) is 20.5. The molecule has 61 heavy (non-hydrogen) atoms. The Hall–Kier alpha value is -6.09. The Labute approximate surface area is 355 Å². The highest BCUT2D eigenvalue weighted by Crippen LogP contribution is 2.34. The van der Waals surface area contributed by atoms with Crippen LogP contribution in [0.1, 0.15) is 134 Å². The summed E-state index contributed by atoms with van der Waals surface area (Å²) in [6.45, 7) is 11.4. The number of alkyl halides is 3. The van der Waals surface area contributed by atoms with Crippen LogP contribution in [0.2, 0.25) is 0 Å². The van der Waals surface area contributed by atoms with Crippen LogP contribution in [0, 0.1) is 23.2 Å². The Morgan fingerprint density at radius 3 is 1.69 bits per heavy atom. The number of hydrogen-bond acceptors (Lipinski definition) is 9. The molecule has 4 aromatic rings. The highest BCUT2D eigenvalue weighted by atomic mass is 19.4. The van der Waals surface area contributed by atoms with Gasteiger partial charge in [0.25, 0.3) is 0 Å². The smallest absolute Gasteiger partial charge is 0.417 e. The number of unbranched alkanes of at least 4 members (excludes halogenated alkanes) is 4. The molecule has 4 rings (SSSR count). The van der Waals surface area contributed by atoms with Gasteiger partial charge in [0.05, 0.1) is 48.0 Å². The van der Waals surface area contributed by atoms with Crippen molar-refractivity contribution >= 4 is 23.9 Å². The number of ether oxygens (including phenoxy) is 5. The Kier molecular flexibility index (Phi) is 18.0. The van der Waals surface area contributed by atoms with Gasteiger partial charge in [-0.25, -0.2) is 14.4 Å². The average molecular weight is 843 g/mol. The molecule has 0 aromatic heterocycles. The van der Waals surface area contributed by atoms with Crippen molar-refractivity contribution in [1.29, 1.82) is 0 Å². The van der Waals surface area contributed by atoms with Gasteiger partial charge in [0.1, 0.15) is 17.2 Å². The van der Waals surface area contributed by atoms with E-state index in [-0.39, 0.29) is 46.5 Å². The minimum absolute atomic E-state index is 0.00415. The van der Waals surface area contributed by atoms with E-state index in [2.05, 4.69) is 39.5 Å². The van der Waals surface area contributed by atoms with Gasteiger partial charge in [-0.05, 0) is 135 Å². The first-order chi connectivity index (χ1) is 29.1. The monoisotopic (exact) mass is 842 g/mol. The van der Waals surface area contributed by atoms with Gasteiger partial charge in [0.15, 0.2) is 0 Å². The lowest BCUT2D eigenvalue weighted by Gasteiger charge is -2.28. The number of hydrogen-bond donors (Lipinski definition) is 0. The second-order valence-corrected chi connectivity index (χ2v) is 15.5. The third-order valence-electron chi connectivity index (χ3n) is 9.54. The fourth-order valence-electron chi connectivity index (χ4n) is 6.07. The van der Waals surface area contributed by atoms with Crippen LogP contribution in [0.15, 0.2) is 91.0 Å². The highest BCUT2D eigenvalue weighted by molar-refractivity contribution is 5.94. The first-order valence-electron chi connectivity index (χ1n) is 20.5. The lowest BCUT2D eigenvalue weighted by Crippen LogP contribution is -2.30. The molecule has 0 heterocycles. The summed E-state index contributed by atoms with van der Waals surface area (Å²) in [6, 6.07) is 21.1. The van der Waals surface area contributed by atoms with Crippen LogP contribution in [0.3, 0.4) is 0 Å². The quantitative estimate of drug-likeness (QED) is 0.0394. The lowest BCUT2D eigenvalue weighted by molar-refractivity contribution is -0.153. The van der Waals surface area contributed by atoms with E-state index in [9.17, 15) is 32.3 Å². The molecule has 0 radical (unpaired) electrons. The van der Waals surface area contributed by atoms with Crippen LogP contribution in [0.5, 0.6) is 17.2 Å². The SMILES string of the molecule is CCCCOC(=O)c1ccc(OC(=O)c2ccc(C#Cc3ccc(OC(=O)c4ccc(OCCCCCCOC(=O)C(CCC)C(C)(C)C)cc4)cc3)cc2C(F)(F)F)cc1. The molecule has 0 saturated heterocycles. The van der Waals surface area contributed by atoms with Gasteiger partial charge in [-0.1, -0.05) is 59.3 Å². The number of rotatable bonds is 19. The molecular weight excluding hydrogens is 790 g/mol. The molecule has 0 aliphatic carbocycles. The molecule has 1 atom stereocenters. The maximum Gasteiger partial charge on any atom is 0.417 e. The largest absolute Gasteiger partial charge is 0.494 e. The predicted molar refractivity (Wildman–Crippen MR) is 225 cm³/mol. The summed E-state index contributed by atoms with van der Waals surface area (Å²) in [6.07, 6.45) is 1.90. The fraction of sp³-hybridized carbons (Fsp3) is 0.388. The second-order valence-electron chi connectivity index (χ2n) is 15.5. The Morgan fingerprint density at radius 1 is 0.574 bits per heavy atom. The summed E-state index contributed by atoms with van der Waals surface area (Å²) in [5.41, 5.74) is -1.08. The second kappa shape index (κ2) is 23.1. The van der Waals surface area contributed by atoms with Crippen molar-refractivity contribution < 1.29 is 56.0 Å². The molecule has 0 aliphatic heterocycles. The van der Waals surface area contributed by atoms with Crippen LogP contribution < -0.4 is 14.2 Å². The van der Waals surface area contributed by atoms with Crippen molar-refractivity contribution in [2.45, 2.75) is 92.2 Å². The number of esters is 4. The van der Waals surface area contributed by atoms with Gasteiger partial charge < -0.3 is 23.7 Å². The number of carbonyl (C=O) groups is 4. The minimum Gasteiger partial charge on any atom is -0.494 e. The van der Waals surface area contributed by atoms with Crippen LogP contribution in [0.4, 0.5) is 13.2 Å². The molecule has 0 amide bonds. The predicted octanol–water partition coefficient (Wildman–Crippen LogP) is 11.4. The topological polar surface area (TPSA) is 114 Å². The average Bonchev–Trinajstić information content (AvgIpc) is 3.23. The van der Waals surface area contributed by atoms with Crippen molar-refractivity contribution in [3.05, 3.63) is 124 Å². The van der Waals surface area contributed by atoms with Crippen molar-refractivity contribution in [3.63, 3.8) is 0 Å². The van der Waals surface area contributed by atoms with Gasteiger partial charge in [0, 0.05) is 11.1 Å². The minimum atomic E-state index is -4.89. The summed E-state index contributed by atoms with van der Waals surface area (Å²) < 4.78 is 69.3. The first kappa shape index (κ1) is 47.6. The Morgan fingerprint density at radius 2 is 1.10 bits per heavy atom. The molecule has 12 heteroatoms. The summed E-state index contributed by atoms with van der Waals surface area (Å²) in [4.78, 5) is 50.2. The molecule has 0 aliphatic rings. The lowest BCUT2D eigenvalue weighted by atomic mass is 9.78. The third kappa shape index (κ3) is 15.5. The molecule has 0 saturated carbocycles. The normalized spacial score (nSPS) is 11.7. The zero-order chi connectivity index (χ0) is 44.4. The van der Waals surface area contributed by atoms with Crippen molar-refractivity contribution in [1.82, 2.24) is 0 Å². The molecule has 9 nitrogen and oxygen atoms in total. The van der Waals surface area contributed by atoms with Gasteiger partial charge in [-0.2, -0.15) is 13.2 Å². The molecule has 1 unspecified atom stereocenters. The summed E-state index contributed by atoms with van der Waals surface area (Å²) in [5.74, 6) is 3.67. The molecule has 4 aromatic carbocycles. The van der Waals surface area contributed by atoms with E-state index >= 15 is 0 Å². The van der Waals surface area contributed by atoms with Crippen LogP contribution in [-0.2, 0) is 20.4 Å². The number of halogens is 3. The maximum atomic E-state index is 14.1. The van der Waals surface area contributed by atoms with E-state index in [4.69, 9.17) is 23.7 Å². The van der Waals surface area contributed by atoms with E-state index in [0.717, 1.165) is 57.1 Å². The molecule has 0 N–H and O–H groups in total. The van der Waals surface area contributed by atoms with Crippen LogP contribution in [-0.4, -0.2) is 43.7 Å². The zero-order valence-electron chi connectivity index (χ0n) is 35.3. The van der Waals surface area contributed by atoms with E-state index in [1.807, 2.05) is 6.92 Å². The maximum absolute atomic E-state index is 14.1. The Balaban J connectivity index is 1.23. The summed E-state index contributed by atoms with van der Waals surface area (Å²) in [7, 11) is 0. The highest BCUT2D eigenvalue weighted by Gasteiger charge is 2.36. The van der Waals surface area contributed by atoms with E-state index in [1.165, 1.54) is 42.5 Å². The third-order valence-corrected chi connectivity index (χ3v) is 9.54. The molecule has 0 fully saturated rings. The summed E-state index contributed by atoms with van der Waals surface area (Å²) >= 11 is 0. The van der Waals surface area contributed by atoms with Gasteiger partial charge in [-0.3, -0.25) is 4.79 Å². The van der Waals surface area contributed by atoms with E-state index < -0.39 is 35.2 Å². The van der Waals surface area contributed by atoms with Crippen molar-refractivity contribution in [2.24, 2.45) is 11.3 Å². The van der Waals surface area contributed by atoms with Crippen LogP contribution >= 0.6 is 0 Å². The number of carbonyl (C=O) groups excluding carboxylic acids is 4. The van der Waals surface area contributed by atoms with E-state index in [0.29, 0.717) is 36.5 Å². The van der Waals surface area contributed by atoms with E-state index in [1.54, 1.807) is 36.4 Å². The summed E-state index contributed by atoms with van der Waals surface area (Å²) in [5, 5.41) is 0. The van der Waals surface area contributed by atoms with Crippen LogP contribution in [0.25, 0.3) is 0 Å². The fourth-order valence-corrected chi connectivity index (χ4v) is 6.07. The molecule has 324 valence electrons. The molecule has 0 spiro atoms. The molecular formula is C49H53F3O9. The molecule has 0 bridgehead atoms.